The van der Waals surface area contributed by atoms with Crippen LogP contribution < -0.4 is 9.64 Å². The molecule has 0 saturated carbocycles. The summed E-state index contributed by atoms with van der Waals surface area (Å²) in [6.07, 6.45) is -8.38. The molecule has 0 unspecified atom stereocenters. The Labute approximate surface area is 175 Å². The van der Waals surface area contributed by atoms with Crippen LogP contribution in [-0.4, -0.2) is 17.0 Å². The lowest BCUT2D eigenvalue weighted by molar-refractivity contribution is -0.138. The Morgan fingerprint density at radius 3 is 2.13 bits per heavy atom. The number of nitrogens with zero attached hydrogens (tertiary/aromatic N) is 3. The van der Waals surface area contributed by atoms with Crippen LogP contribution in [0.4, 0.5) is 42.2 Å². The van der Waals surface area contributed by atoms with Crippen LogP contribution in [0.3, 0.4) is 0 Å². The van der Waals surface area contributed by atoms with E-state index in [-0.39, 0.29) is 22.4 Å². The molecule has 31 heavy (non-hydrogen) atoms. The Bertz CT molecular complexity index is 1100. The zero-order valence-electron chi connectivity index (χ0n) is 15.4. The molecule has 3 aromatic rings. The molecule has 2 aromatic carbocycles. The number of benzene rings is 2. The SMILES string of the molecule is CN(c1cc(Oc2cc(C(F)(F)F)ccc2F)ncn1)c1cc(C(F)(F)F)ccc1Cl. The van der Waals surface area contributed by atoms with Gasteiger partial charge in [0.2, 0.25) is 5.88 Å². The molecule has 0 fully saturated rings. The lowest BCUT2D eigenvalue weighted by atomic mass is 10.2. The summed E-state index contributed by atoms with van der Waals surface area (Å²) in [5.41, 5.74) is -2.13. The van der Waals surface area contributed by atoms with Crippen LogP contribution in [0, 0.1) is 5.82 Å². The predicted molar refractivity (Wildman–Crippen MR) is 98.0 cm³/mol. The first-order valence-electron chi connectivity index (χ1n) is 8.33. The van der Waals surface area contributed by atoms with E-state index in [1.54, 1.807) is 0 Å². The van der Waals surface area contributed by atoms with Gasteiger partial charge in [-0.25, -0.2) is 14.4 Å². The van der Waals surface area contributed by atoms with Gasteiger partial charge < -0.3 is 9.64 Å². The standard InChI is InChI=1S/C19H11ClF7N3O/c1-30(14-6-10(18(22,23)24)2-4-12(14)20)16-8-17(29-9-28-16)31-15-7-11(19(25,26)27)3-5-13(15)21/h2-9H,1H3. The van der Waals surface area contributed by atoms with Crippen LogP contribution in [0.1, 0.15) is 11.1 Å². The van der Waals surface area contributed by atoms with E-state index in [2.05, 4.69) is 9.97 Å². The van der Waals surface area contributed by atoms with E-state index in [0.717, 1.165) is 30.6 Å². The molecule has 12 heteroatoms. The van der Waals surface area contributed by atoms with E-state index in [0.29, 0.717) is 18.2 Å². The van der Waals surface area contributed by atoms with Crippen LogP contribution >= 0.6 is 11.6 Å². The largest absolute Gasteiger partial charge is 0.436 e. The number of rotatable bonds is 4. The van der Waals surface area contributed by atoms with Crippen molar-refractivity contribution in [3.05, 3.63) is 70.8 Å². The highest BCUT2D eigenvalue weighted by molar-refractivity contribution is 6.33. The molecule has 0 amide bonds. The molecule has 0 aliphatic carbocycles. The molecule has 1 aromatic heterocycles. The maximum atomic E-state index is 13.9. The van der Waals surface area contributed by atoms with E-state index in [1.807, 2.05) is 0 Å². The van der Waals surface area contributed by atoms with Crippen molar-refractivity contribution in [2.45, 2.75) is 12.4 Å². The van der Waals surface area contributed by atoms with Gasteiger partial charge in [0, 0.05) is 13.1 Å². The smallest absolute Gasteiger partial charge is 0.416 e. The van der Waals surface area contributed by atoms with Gasteiger partial charge in [0.15, 0.2) is 11.6 Å². The summed E-state index contributed by atoms with van der Waals surface area (Å²) in [5, 5.41) is -0.0134. The van der Waals surface area contributed by atoms with E-state index in [9.17, 15) is 30.7 Å². The van der Waals surface area contributed by atoms with Gasteiger partial charge in [-0.2, -0.15) is 26.3 Å². The van der Waals surface area contributed by atoms with Crippen molar-refractivity contribution in [1.29, 1.82) is 0 Å². The first-order chi connectivity index (χ1) is 14.4. The van der Waals surface area contributed by atoms with Crippen molar-refractivity contribution in [2.24, 2.45) is 0 Å². The third kappa shape index (κ3) is 5.16. The van der Waals surface area contributed by atoms with Crippen LogP contribution in [0.2, 0.25) is 5.02 Å². The molecule has 1 heterocycles. The highest BCUT2D eigenvalue weighted by Crippen LogP contribution is 2.38. The first-order valence-corrected chi connectivity index (χ1v) is 8.71. The molecule has 0 bridgehead atoms. The lowest BCUT2D eigenvalue weighted by Crippen LogP contribution is -2.14. The molecule has 0 radical (unpaired) electrons. The van der Waals surface area contributed by atoms with Crippen LogP contribution in [0.25, 0.3) is 0 Å². The van der Waals surface area contributed by atoms with Gasteiger partial charge in [0.25, 0.3) is 0 Å². The summed E-state index contributed by atoms with van der Waals surface area (Å²) in [7, 11) is 1.36. The second-order valence-corrected chi connectivity index (χ2v) is 6.59. The zero-order chi connectivity index (χ0) is 23.0. The van der Waals surface area contributed by atoms with Gasteiger partial charge in [-0.05, 0) is 36.4 Å². The topological polar surface area (TPSA) is 38.2 Å². The average molecular weight is 466 g/mol. The molecule has 0 spiro atoms. The van der Waals surface area contributed by atoms with Gasteiger partial charge in [0.1, 0.15) is 12.1 Å². The highest BCUT2D eigenvalue weighted by atomic mass is 35.5. The van der Waals surface area contributed by atoms with Crippen LogP contribution in [-0.2, 0) is 12.4 Å². The number of anilines is 2. The molecule has 3 rings (SSSR count). The number of hydrogen-bond acceptors (Lipinski definition) is 4. The second kappa shape index (κ2) is 8.22. The molecular weight excluding hydrogens is 455 g/mol. The third-order valence-corrected chi connectivity index (χ3v) is 4.40. The normalized spacial score (nSPS) is 12.0. The van der Waals surface area contributed by atoms with E-state index in [1.165, 1.54) is 11.9 Å². The quantitative estimate of drug-likeness (QED) is 0.394. The van der Waals surface area contributed by atoms with Crippen molar-refractivity contribution >= 4 is 23.1 Å². The molecule has 0 atom stereocenters. The van der Waals surface area contributed by atoms with Gasteiger partial charge in [0.05, 0.1) is 21.8 Å². The van der Waals surface area contributed by atoms with E-state index < -0.39 is 35.0 Å². The first kappa shape index (κ1) is 22.6. The van der Waals surface area contributed by atoms with Gasteiger partial charge in [-0.15, -0.1) is 0 Å². The van der Waals surface area contributed by atoms with Crippen LogP contribution in [0.5, 0.6) is 11.6 Å². The lowest BCUT2D eigenvalue weighted by Gasteiger charge is -2.21. The number of ether oxygens (including phenoxy) is 1. The maximum Gasteiger partial charge on any atom is 0.416 e. The predicted octanol–water partition coefficient (Wildman–Crippen LogP) is 6.87. The van der Waals surface area contributed by atoms with Crippen molar-refractivity contribution in [2.75, 3.05) is 11.9 Å². The minimum absolute atomic E-state index is 0.00129. The summed E-state index contributed by atoms with van der Waals surface area (Å²) >= 11 is 6.00. The molecule has 4 nitrogen and oxygen atoms in total. The van der Waals surface area contributed by atoms with Crippen molar-refractivity contribution in [1.82, 2.24) is 9.97 Å². The molecule has 0 aliphatic rings. The average Bonchev–Trinajstić information content (AvgIpc) is 2.68. The van der Waals surface area contributed by atoms with Gasteiger partial charge in [-0.1, -0.05) is 11.6 Å². The fraction of sp³-hybridized carbons (Fsp3) is 0.158. The Morgan fingerprint density at radius 1 is 0.871 bits per heavy atom. The Morgan fingerprint density at radius 2 is 1.48 bits per heavy atom. The summed E-state index contributed by atoms with van der Waals surface area (Å²) in [6.45, 7) is 0. The fourth-order valence-corrected chi connectivity index (χ4v) is 2.75. The van der Waals surface area contributed by atoms with Gasteiger partial charge in [-0.3, -0.25) is 0 Å². The number of hydrogen-bond donors (Lipinski definition) is 0. The highest BCUT2D eigenvalue weighted by Gasteiger charge is 2.32. The Kier molecular flexibility index (Phi) is 5.99. The second-order valence-electron chi connectivity index (χ2n) is 6.18. The monoisotopic (exact) mass is 465 g/mol. The summed E-state index contributed by atoms with van der Waals surface area (Å²) in [4.78, 5) is 8.78. The minimum Gasteiger partial charge on any atom is -0.436 e. The summed E-state index contributed by atoms with van der Waals surface area (Å²) < 4.78 is 96.6. The maximum absolute atomic E-state index is 13.9. The number of halogens is 8. The van der Waals surface area contributed by atoms with Gasteiger partial charge >= 0.3 is 12.4 Å². The molecule has 0 aliphatic heterocycles. The van der Waals surface area contributed by atoms with E-state index in [4.69, 9.17) is 16.3 Å². The van der Waals surface area contributed by atoms with Crippen molar-refractivity contribution < 1.29 is 35.5 Å². The molecule has 164 valence electrons. The molecule has 0 saturated heterocycles. The fourth-order valence-electron chi connectivity index (χ4n) is 2.51. The number of aromatic nitrogens is 2. The number of alkyl halides is 6. The Hall–Kier alpha value is -3.08. The van der Waals surface area contributed by atoms with Crippen LogP contribution in [0.15, 0.2) is 48.8 Å². The third-order valence-electron chi connectivity index (χ3n) is 4.08. The minimum atomic E-state index is -4.72. The van der Waals surface area contributed by atoms with E-state index >= 15 is 0 Å². The van der Waals surface area contributed by atoms with Crippen molar-refractivity contribution in [3.8, 4) is 11.6 Å². The zero-order valence-corrected chi connectivity index (χ0v) is 16.1. The van der Waals surface area contributed by atoms with Crippen molar-refractivity contribution in [3.63, 3.8) is 0 Å². The summed E-state index contributed by atoms with van der Waals surface area (Å²) in [6, 6.07) is 5.39. The Balaban J connectivity index is 1.93. The molecular formula is C19H11ClF7N3O. The summed E-state index contributed by atoms with van der Waals surface area (Å²) in [5.74, 6) is -2.14. The molecule has 0 N–H and O–H groups in total.